The van der Waals surface area contributed by atoms with E-state index in [9.17, 15) is 14.9 Å². The number of benzene rings is 2. The first-order valence-corrected chi connectivity index (χ1v) is 12.0. The highest BCUT2D eigenvalue weighted by molar-refractivity contribution is 5.88. The Morgan fingerprint density at radius 3 is 2.74 bits per heavy atom. The second-order valence-corrected chi connectivity index (χ2v) is 10.4. The van der Waals surface area contributed by atoms with Crippen molar-refractivity contribution in [2.75, 3.05) is 24.6 Å². The Labute approximate surface area is 205 Å². The number of hydrogen-bond donors (Lipinski definition) is 1. The molecule has 2 aromatic rings. The topological polar surface area (TPSA) is 94.9 Å². The van der Waals surface area contributed by atoms with Crippen LogP contribution < -0.4 is 15.0 Å². The van der Waals surface area contributed by atoms with Gasteiger partial charge in [-0.1, -0.05) is 18.2 Å². The Bertz CT molecular complexity index is 1200. The van der Waals surface area contributed by atoms with Gasteiger partial charge < -0.3 is 19.7 Å². The molecule has 1 N–H and O–H groups in total. The zero-order valence-corrected chi connectivity index (χ0v) is 20.3. The molecule has 0 radical (unpaired) electrons. The number of hydrogen-bond acceptors (Lipinski definition) is 6. The van der Waals surface area contributed by atoms with Crippen molar-refractivity contribution < 1.29 is 19.1 Å². The lowest BCUT2D eigenvalue weighted by atomic mass is 9.99. The van der Waals surface area contributed by atoms with Gasteiger partial charge in [-0.2, -0.15) is 5.26 Å². The number of carbonyl (C=O) groups is 2. The quantitative estimate of drug-likeness (QED) is 0.715. The van der Waals surface area contributed by atoms with Gasteiger partial charge in [0.2, 0.25) is 5.91 Å². The van der Waals surface area contributed by atoms with Crippen molar-refractivity contribution in [1.82, 2.24) is 10.2 Å². The third-order valence-corrected chi connectivity index (χ3v) is 6.77. The van der Waals surface area contributed by atoms with Crippen LogP contribution in [-0.2, 0) is 16.0 Å². The lowest BCUT2D eigenvalue weighted by molar-refractivity contribution is -0.128. The van der Waals surface area contributed by atoms with Crippen LogP contribution in [0.2, 0.25) is 0 Å². The molecule has 8 nitrogen and oxygen atoms in total. The van der Waals surface area contributed by atoms with Crippen molar-refractivity contribution in [3.05, 3.63) is 59.2 Å². The van der Waals surface area contributed by atoms with E-state index < -0.39 is 17.7 Å². The minimum atomic E-state index is -0.710. The Morgan fingerprint density at radius 1 is 1.17 bits per heavy atom. The Hall–Kier alpha value is -3.73. The first kappa shape index (κ1) is 23.0. The molecule has 0 aromatic heterocycles. The van der Waals surface area contributed by atoms with Crippen LogP contribution in [0.4, 0.5) is 10.5 Å². The number of nitrogens with zero attached hydrogens (tertiary/aromatic N) is 3. The molecular weight excluding hydrogens is 444 g/mol. The third kappa shape index (κ3) is 4.51. The maximum atomic E-state index is 13.7. The van der Waals surface area contributed by atoms with Crippen molar-refractivity contribution in [2.45, 2.75) is 57.3 Å². The van der Waals surface area contributed by atoms with Crippen LogP contribution >= 0.6 is 0 Å². The molecule has 3 aliphatic rings. The first-order valence-electron chi connectivity index (χ1n) is 12.0. The van der Waals surface area contributed by atoms with Gasteiger partial charge in [0.1, 0.15) is 17.4 Å². The number of anilines is 1. The zero-order chi connectivity index (χ0) is 24.7. The highest BCUT2D eigenvalue weighted by Crippen LogP contribution is 2.37. The van der Waals surface area contributed by atoms with Crippen LogP contribution in [0.5, 0.6) is 5.75 Å². The zero-order valence-electron chi connectivity index (χ0n) is 20.3. The average Bonchev–Trinajstić information content (AvgIpc) is 3.19. The van der Waals surface area contributed by atoms with Gasteiger partial charge in [-0.25, -0.2) is 4.79 Å². The Kier molecular flexibility index (Phi) is 5.79. The van der Waals surface area contributed by atoms with Crippen LogP contribution in [0, 0.1) is 11.3 Å². The van der Waals surface area contributed by atoms with Crippen molar-refractivity contribution in [3.8, 4) is 11.8 Å². The maximum Gasteiger partial charge on any atom is 0.411 e. The third-order valence-electron chi connectivity index (χ3n) is 6.77. The average molecular weight is 475 g/mol. The van der Waals surface area contributed by atoms with Gasteiger partial charge in [0.25, 0.3) is 0 Å². The maximum absolute atomic E-state index is 13.7. The molecule has 0 saturated carbocycles. The smallest absolute Gasteiger partial charge is 0.411 e. The van der Waals surface area contributed by atoms with Crippen LogP contribution in [-0.4, -0.2) is 54.3 Å². The highest BCUT2D eigenvalue weighted by atomic mass is 16.6. The molecule has 0 spiro atoms. The van der Waals surface area contributed by atoms with Crippen LogP contribution in [0.1, 0.15) is 49.9 Å². The summed E-state index contributed by atoms with van der Waals surface area (Å²) < 4.78 is 11.4. The molecular formula is C27H30N4O4. The number of nitriles is 1. The second-order valence-electron chi connectivity index (χ2n) is 10.4. The monoisotopic (exact) mass is 474 g/mol. The fourth-order valence-corrected chi connectivity index (χ4v) is 5.22. The molecule has 1 fully saturated rings. The molecule has 0 aliphatic carbocycles. The molecule has 1 saturated heterocycles. The van der Waals surface area contributed by atoms with Crippen molar-refractivity contribution in [2.24, 2.45) is 0 Å². The number of para-hydroxylation sites is 1. The van der Waals surface area contributed by atoms with E-state index in [0.29, 0.717) is 38.1 Å². The van der Waals surface area contributed by atoms with E-state index >= 15 is 0 Å². The molecule has 2 aromatic carbocycles. The summed E-state index contributed by atoms with van der Waals surface area (Å²) in [6, 6.07) is 14.7. The molecule has 0 bridgehead atoms. The van der Waals surface area contributed by atoms with Crippen molar-refractivity contribution in [1.29, 1.82) is 5.26 Å². The summed E-state index contributed by atoms with van der Waals surface area (Å²) in [5.74, 6) is 0.566. The highest BCUT2D eigenvalue weighted by Gasteiger charge is 2.45. The van der Waals surface area contributed by atoms with Crippen LogP contribution in [0.25, 0.3) is 0 Å². The summed E-state index contributed by atoms with van der Waals surface area (Å²) in [6.07, 6.45) is 0.887. The Balaban J connectivity index is 1.42. The number of carbonyl (C=O) groups excluding carboxylic acids is 2. The van der Waals surface area contributed by atoms with Crippen molar-refractivity contribution in [3.63, 3.8) is 0 Å². The van der Waals surface area contributed by atoms with Gasteiger partial charge in [0, 0.05) is 30.8 Å². The van der Waals surface area contributed by atoms with E-state index in [-0.39, 0.29) is 18.0 Å². The number of ether oxygens (including phenoxy) is 2. The van der Waals surface area contributed by atoms with Crippen LogP contribution in [0.15, 0.2) is 42.5 Å². The predicted molar refractivity (Wildman–Crippen MR) is 130 cm³/mol. The van der Waals surface area contributed by atoms with E-state index in [1.807, 2.05) is 57.2 Å². The summed E-state index contributed by atoms with van der Waals surface area (Å²) in [5, 5.41) is 12.5. The molecule has 3 heterocycles. The molecule has 5 rings (SSSR count). The van der Waals surface area contributed by atoms with E-state index in [1.165, 1.54) is 0 Å². The molecule has 8 heteroatoms. The largest absolute Gasteiger partial charge is 0.493 e. The number of nitrogens with one attached hydrogen (secondary N) is 1. The predicted octanol–water partition coefficient (Wildman–Crippen LogP) is 3.55. The minimum Gasteiger partial charge on any atom is -0.493 e. The van der Waals surface area contributed by atoms with Gasteiger partial charge >= 0.3 is 6.09 Å². The summed E-state index contributed by atoms with van der Waals surface area (Å²) in [5.41, 5.74) is 2.97. The Morgan fingerprint density at radius 2 is 1.97 bits per heavy atom. The van der Waals surface area contributed by atoms with E-state index in [2.05, 4.69) is 16.3 Å². The lowest BCUT2D eigenvalue weighted by Gasteiger charge is -2.44. The SMILES string of the molecule is CC(C)(C)OC(=O)N1C[C@@H]2Cc3cc(C#N)ccc3N2C[C@H]1C(=O)N[C@@H]1CCOc2ccccc21. The lowest BCUT2D eigenvalue weighted by Crippen LogP contribution is -2.64. The number of amides is 2. The molecule has 182 valence electrons. The van der Waals surface area contributed by atoms with Gasteiger partial charge in [-0.15, -0.1) is 0 Å². The van der Waals surface area contributed by atoms with Crippen molar-refractivity contribution >= 4 is 17.7 Å². The first-order chi connectivity index (χ1) is 16.7. The molecule has 35 heavy (non-hydrogen) atoms. The normalized spacial score (nSPS) is 22.7. The van der Waals surface area contributed by atoms with E-state index in [0.717, 1.165) is 22.6 Å². The summed E-state index contributed by atoms with van der Waals surface area (Å²) in [7, 11) is 0. The summed E-state index contributed by atoms with van der Waals surface area (Å²) >= 11 is 0. The van der Waals surface area contributed by atoms with Gasteiger partial charge in [-0.05, 0) is 57.0 Å². The molecule has 0 unspecified atom stereocenters. The standard InChI is InChI=1S/C27H30N4O4/c1-27(2,3)35-26(33)31-15-19-13-18-12-17(14-28)8-9-22(18)30(19)16-23(31)25(32)29-21-10-11-34-24-7-5-4-6-20(21)24/h4-9,12,19,21,23H,10-11,13,15-16H2,1-3H3,(H,29,32)/t19-,21+,23-/m0/s1. The van der Waals surface area contributed by atoms with Gasteiger partial charge in [-0.3, -0.25) is 9.69 Å². The van der Waals surface area contributed by atoms with E-state index in [1.54, 1.807) is 11.0 Å². The fourth-order valence-electron chi connectivity index (χ4n) is 5.22. The van der Waals surface area contributed by atoms with Gasteiger partial charge in [0.05, 0.1) is 30.3 Å². The number of rotatable bonds is 2. The second kappa shape index (κ2) is 8.81. The summed E-state index contributed by atoms with van der Waals surface area (Å²) in [4.78, 5) is 30.7. The number of fused-ring (bicyclic) bond motifs is 4. The van der Waals surface area contributed by atoms with Crippen LogP contribution in [0.3, 0.4) is 0 Å². The molecule has 3 aliphatic heterocycles. The van der Waals surface area contributed by atoms with Gasteiger partial charge in [0.15, 0.2) is 0 Å². The number of piperazine rings is 1. The molecule has 3 atom stereocenters. The minimum absolute atomic E-state index is 0.0271. The van der Waals surface area contributed by atoms with E-state index in [4.69, 9.17) is 9.47 Å². The molecule has 2 amide bonds. The fraction of sp³-hybridized carbons (Fsp3) is 0.444. The summed E-state index contributed by atoms with van der Waals surface area (Å²) in [6.45, 7) is 6.72.